The molecule has 1 aliphatic carbocycles. The van der Waals surface area contributed by atoms with E-state index in [0.29, 0.717) is 12.8 Å². The fourth-order valence-corrected chi connectivity index (χ4v) is 6.34. The van der Waals surface area contributed by atoms with Crippen LogP contribution in [0.25, 0.3) is 0 Å². The largest absolute Gasteiger partial charge is 0.472 e. The van der Waals surface area contributed by atoms with Gasteiger partial charge in [-0.05, 0) is 77.0 Å². The summed E-state index contributed by atoms with van der Waals surface area (Å²) in [5, 5.41) is 49.9. The van der Waals surface area contributed by atoms with Crippen molar-refractivity contribution in [2.45, 2.75) is 159 Å². The van der Waals surface area contributed by atoms with Crippen LogP contribution >= 0.6 is 7.82 Å². The van der Waals surface area contributed by atoms with Gasteiger partial charge in [0.25, 0.3) is 0 Å². The SMILES string of the molecule is CC/C=C\C/C=C\C/C=C\CCCCCC(=O)OCC(COP(=O)(O)OC1C(O)C(O)C(O)C(O)C1O)OC(=O)CCCCC/C=C\C/C=C\C/C=C\CC. The van der Waals surface area contributed by atoms with Gasteiger partial charge in [0.1, 0.15) is 43.2 Å². The molecule has 6 unspecified atom stereocenters. The van der Waals surface area contributed by atoms with E-state index in [1.54, 1.807) is 0 Å². The number of aliphatic hydroxyl groups is 5. The fraction of sp³-hybridized carbons (Fsp3) is 0.659. The summed E-state index contributed by atoms with van der Waals surface area (Å²) in [7, 11) is -5.13. The first-order valence-corrected chi connectivity index (χ1v) is 21.2. The third kappa shape index (κ3) is 24.5. The zero-order valence-corrected chi connectivity index (χ0v) is 33.6. The van der Waals surface area contributed by atoms with Gasteiger partial charge in [0.2, 0.25) is 0 Å². The van der Waals surface area contributed by atoms with E-state index in [4.69, 9.17) is 18.5 Å². The van der Waals surface area contributed by atoms with E-state index in [2.05, 4.69) is 86.8 Å². The van der Waals surface area contributed by atoms with Crippen molar-refractivity contribution < 1.29 is 63.1 Å². The molecule has 6 N–H and O–H groups in total. The Morgan fingerprint density at radius 1 is 0.564 bits per heavy atom. The van der Waals surface area contributed by atoms with Gasteiger partial charge in [-0.1, -0.05) is 99.6 Å². The molecule has 1 fully saturated rings. The lowest BCUT2D eigenvalue weighted by atomic mass is 9.85. The van der Waals surface area contributed by atoms with Crippen molar-refractivity contribution in [3.63, 3.8) is 0 Å². The number of carbonyl (C=O) groups is 2. The van der Waals surface area contributed by atoms with Crippen LogP contribution in [0.2, 0.25) is 0 Å². The van der Waals surface area contributed by atoms with Gasteiger partial charge in [-0.15, -0.1) is 0 Å². The molecule has 6 atom stereocenters. The van der Waals surface area contributed by atoms with Gasteiger partial charge in [0.15, 0.2) is 6.10 Å². The Morgan fingerprint density at radius 3 is 1.45 bits per heavy atom. The molecule has 14 heteroatoms. The van der Waals surface area contributed by atoms with Gasteiger partial charge in [-0.3, -0.25) is 18.6 Å². The van der Waals surface area contributed by atoms with E-state index < -0.39 is 75.7 Å². The Labute approximate surface area is 327 Å². The quantitative estimate of drug-likeness (QED) is 0.0202. The first kappa shape index (κ1) is 50.3. The van der Waals surface area contributed by atoms with Gasteiger partial charge in [-0.2, -0.15) is 0 Å². The molecule has 1 rings (SSSR count). The molecule has 0 radical (unpaired) electrons. The van der Waals surface area contributed by atoms with Crippen molar-refractivity contribution in [1.29, 1.82) is 0 Å². The number of rotatable bonds is 30. The minimum absolute atomic E-state index is 0.0507. The van der Waals surface area contributed by atoms with Crippen molar-refractivity contribution in [3.8, 4) is 0 Å². The summed E-state index contributed by atoms with van der Waals surface area (Å²) in [4.78, 5) is 35.5. The molecule has 0 heterocycles. The molecule has 13 nitrogen and oxygen atoms in total. The summed E-state index contributed by atoms with van der Waals surface area (Å²) in [6.07, 6.45) is 24.1. The van der Waals surface area contributed by atoms with Crippen LogP contribution in [0.1, 0.15) is 117 Å². The molecule has 0 aromatic heterocycles. The molecule has 0 aromatic carbocycles. The number of esters is 2. The second-order valence-corrected chi connectivity index (χ2v) is 14.8. The molecule has 0 spiro atoms. The van der Waals surface area contributed by atoms with Crippen molar-refractivity contribution >= 4 is 19.8 Å². The predicted octanol–water partition coefficient (Wildman–Crippen LogP) is 6.38. The number of allylic oxidation sites excluding steroid dienone is 12. The topological polar surface area (TPSA) is 210 Å². The van der Waals surface area contributed by atoms with Gasteiger partial charge in [0, 0.05) is 12.8 Å². The van der Waals surface area contributed by atoms with E-state index in [1.165, 1.54) is 0 Å². The Balaban J connectivity index is 2.59. The fourth-order valence-electron chi connectivity index (χ4n) is 5.37. The molecular weight excluding hydrogens is 731 g/mol. The number of unbranched alkanes of at least 4 members (excludes halogenated alkanes) is 6. The van der Waals surface area contributed by atoms with E-state index in [0.717, 1.165) is 77.0 Å². The monoisotopic (exact) mass is 798 g/mol. The lowest BCUT2D eigenvalue weighted by Crippen LogP contribution is -2.64. The summed E-state index contributed by atoms with van der Waals surface area (Å²) < 4.78 is 33.3. The average molecular weight is 799 g/mol. The summed E-state index contributed by atoms with van der Waals surface area (Å²) >= 11 is 0. The van der Waals surface area contributed by atoms with Crippen molar-refractivity contribution in [2.24, 2.45) is 0 Å². The minimum Gasteiger partial charge on any atom is -0.462 e. The smallest absolute Gasteiger partial charge is 0.462 e. The van der Waals surface area contributed by atoms with Crippen molar-refractivity contribution in [1.82, 2.24) is 0 Å². The molecule has 314 valence electrons. The molecular formula is C41H67O13P. The van der Waals surface area contributed by atoms with E-state index in [1.807, 2.05) is 0 Å². The minimum atomic E-state index is -5.13. The van der Waals surface area contributed by atoms with E-state index in [9.17, 15) is 44.6 Å². The molecule has 0 bridgehead atoms. The van der Waals surface area contributed by atoms with Crippen molar-refractivity contribution in [3.05, 3.63) is 72.9 Å². The van der Waals surface area contributed by atoms with E-state index >= 15 is 0 Å². The highest BCUT2D eigenvalue weighted by Gasteiger charge is 2.51. The molecule has 0 aliphatic heterocycles. The highest BCUT2D eigenvalue weighted by atomic mass is 31.2. The lowest BCUT2D eigenvalue weighted by molar-refractivity contribution is -0.220. The van der Waals surface area contributed by atoms with Crippen LogP contribution in [0.4, 0.5) is 0 Å². The van der Waals surface area contributed by atoms with Crippen LogP contribution in [-0.4, -0.2) is 98.3 Å². The maximum absolute atomic E-state index is 12.7. The van der Waals surface area contributed by atoms with Gasteiger partial charge in [-0.25, -0.2) is 4.57 Å². The number of carbonyl (C=O) groups excluding carboxylic acids is 2. The average Bonchev–Trinajstić information content (AvgIpc) is 3.16. The highest BCUT2D eigenvalue weighted by molar-refractivity contribution is 7.47. The van der Waals surface area contributed by atoms with Crippen LogP contribution in [0.15, 0.2) is 72.9 Å². The van der Waals surface area contributed by atoms with Crippen LogP contribution in [-0.2, 0) is 32.7 Å². The van der Waals surface area contributed by atoms with Crippen LogP contribution in [0.3, 0.4) is 0 Å². The first-order valence-electron chi connectivity index (χ1n) is 19.7. The lowest BCUT2D eigenvalue weighted by Gasteiger charge is -2.41. The molecule has 0 aromatic rings. The predicted molar refractivity (Wildman–Crippen MR) is 212 cm³/mol. The maximum Gasteiger partial charge on any atom is 0.472 e. The number of hydrogen-bond donors (Lipinski definition) is 6. The maximum atomic E-state index is 12.7. The second-order valence-electron chi connectivity index (χ2n) is 13.4. The summed E-state index contributed by atoms with van der Waals surface area (Å²) in [6.45, 7) is 2.97. The van der Waals surface area contributed by atoms with Crippen LogP contribution < -0.4 is 0 Å². The molecule has 55 heavy (non-hydrogen) atoms. The first-order chi connectivity index (χ1) is 26.4. The molecule has 1 saturated carbocycles. The number of hydrogen-bond acceptors (Lipinski definition) is 12. The Kier molecular flexibility index (Phi) is 28.7. The second kappa shape index (κ2) is 31.4. The summed E-state index contributed by atoms with van der Waals surface area (Å²) in [6, 6.07) is 0. The third-order valence-corrected chi connectivity index (χ3v) is 9.53. The number of phosphoric ester groups is 1. The zero-order chi connectivity index (χ0) is 40.7. The number of aliphatic hydroxyl groups excluding tert-OH is 5. The highest BCUT2D eigenvalue weighted by Crippen LogP contribution is 2.47. The molecule has 0 amide bonds. The summed E-state index contributed by atoms with van der Waals surface area (Å²) in [5.74, 6) is -1.18. The molecule has 0 saturated heterocycles. The number of phosphoric acid groups is 1. The van der Waals surface area contributed by atoms with Gasteiger partial charge < -0.3 is 39.9 Å². The van der Waals surface area contributed by atoms with Gasteiger partial charge >= 0.3 is 19.8 Å². The number of ether oxygens (including phenoxy) is 2. The Hall–Kier alpha value is -2.71. The molecule has 1 aliphatic rings. The van der Waals surface area contributed by atoms with Crippen molar-refractivity contribution in [2.75, 3.05) is 13.2 Å². The van der Waals surface area contributed by atoms with E-state index in [-0.39, 0.29) is 12.8 Å². The zero-order valence-electron chi connectivity index (χ0n) is 32.7. The standard InChI is InChI=1S/C41H67O13P/c1-3-5-7-9-11-13-15-17-19-21-23-25-27-29-34(42)51-31-33(32-52-55(49,50)54-41-39(47)37(45)36(44)38(46)40(41)48)53-35(43)30-28-26-24-22-20-18-16-14-12-10-8-6-4-2/h5-8,11-14,17-20,33,36-41,44-48H,3-4,9-10,15-16,21-32H2,1-2H3,(H,49,50)/b7-5-,8-6-,13-11-,14-12-,19-17-,20-18-. The van der Waals surface area contributed by atoms with Crippen LogP contribution in [0.5, 0.6) is 0 Å². The summed E-state index contributed by atoms with van der Waals surface area (Å²) in [5.41, 5.74) is 0. The van der Waals surface area contributed by atoms with Gasteiger partial charge in [0.05, 0.1) is 6.61 Å². The third-order valence-electron chi connectivity index (χ3n) is 8.54. The Bertz CT molecular complexity index is 1240. The Morgan fingerprint density at radius 2 is 0.982 bits per heavy atom. The van der Waals surface area contributed by atoms with Crippen LogP contribution in [0, 0.1) is 0 Å². The normalized spacial score (nSPS) is 23.9.